The summed E-state index contributed by atoms with van der Waals surface area (Å²) in [6.07, 6.45) is -4.31. The minimum atomic E-state index is -4.31. The van der Waals surface area contributed by atoms with Gasteiger partial charge in [-0.2, -0.15) is 13.2 Å². The molecule has 1 aromatic rings. The lowest BCUT2D eigenvalue weighted by atomic mass is 9.96. The Kier molecular flexibility index (Phi) is 6.01. The molecule has 1 unspecified atom stereocenters. The Morgan fingerprint density at radius 2 is 1.80 bits per heavy atom. The molecular weight excluding hydrogens is 269 g/mol. The second-order valence-electron chi connectivity index (χ2n) is 4.92. The van der Waals surface area contributed by atoms with Crippen molar-refractivity contribution in [1.82, 2.24) is 10.6 Å². The molecule has 0 radical (unpaired) electrons. The van der Waals surface area contributed by atoms with E-state index in [0.29, 0.717) is 0 Å². The molecule has 3 nitrogen and oxygen atoms in total. The summed E-state index contributed by atoms with van der Waals surface area (Å²) in [4.78, 5) is 11.7. The highest BCUT2D eigenvalue weighted by Gasteiger charge is 2.27. The number of nitrogens with one attached hydrogen (secondary N) is 2. The largest absolute Gasteiger partial charge is 0.401 e. The van der Waals surface area contributed by atoms with Gasteiger partial charge in [-0.3, -0.25) is 4.79 Å². The zero-order valence-electron chi connectivity index (χ0n) is 11.5. The van der Waals surface area contributed by atoms with Gasteiger partial charge < -0.3 is 10.6 Å². The van der Waals surface area contributed by atoms with Crippen LogP contribution in [0.3, 0.4) is 0 Å². The molecule has 1 aromatic carbocycles. The van der Waals surface area contributed by atoms with E-state index >= 15 is 0 Å². The van der Waals surface area contributed by atoms with Gasteiger partial charge in [-0.15, -0.1) is 0 Å². The van der Waals surface area contributed by atoms with Gasteiger partial charge in [-0.1, -0.05) is 44.2 Å². The number of carbonyl (C=O) groups excluding carboxylic acids is 1. The fourth-order valence-electron chi connectivity index (χ4n) is 1.84. The minimum absolute atomic E-state index is 0.143. The van der Waals surface area contributed by atoms with E-state index in [0.717, 1.165) is 5.56 Å². The van der Waals surface area contributed by atoms with Crippen LogP contribution >= 0.6 is 0 Å². The molecule has 0 heterocycles. The normalized spacial score (nSPS) is 13.3. The van der Waals surface area contributed by atoms with Crippen LogP contribution in [0.1, 0.15) is 25.5 Å². The van der Waals surface area contributed by atoms with Crippen molar-refractivity contribution < 1.29 is 18.0 Å². The summed E-state index contributed by atoms with van der Waals surface area (Å²) in [6, 6.07) is 9.14. The maximum atomic E-state index is 12.0. The zero-order valence-corrected chi connectivity index (χ0v) is 11.5. The molecule has 112 valence electrons. The summed E-state index contributed by atoms with van der Waals surface area (Å²) < 4.78 is 35.9. The number of halogens is 3. The van der Waals surface area contributed by atoms with E-state index < -0.39 is 18.6 Å². The number of hydrogen-bond acceptors (Lipinski definition) is 2. The average molecular weight is 288 g/mol. The van der Waals surface area contributed by atoms with E-state index in [1.807, 2.05) is 44.2 Å². The van der Waals surface area contributed by atoms with Gasteiger partial charge in [0.1, 0.15) is 0 Å². The maximum Gasteiger partial charge on any atom is 0.401 e. The number of carbonyl (C=O) groups is 1. The van der Waals surface area contributed by atoms with Gasteiger partial charge in [0.05, 0.1) is 19.1 Å². The third kappa shape index (κ3) is 6.06. The third-order valence-electron chi connectivity index (χ3n) is 2.75. The number of hydrogen-bond donors (Lipinski definition) is 2. The lowest BCUT2D eigenvalue weighted by Gasteiger charge is -2.23. The highest BCUT2D eigenvalue weighted by atomic mass is 19.4. The van der Waals surface area contributed by atoms with Crippen molar-refractivity contribution in [3.05, 3.63) is 35.9 Å². The van der Waals surface area contributed by atoms with Gasteiger partial charge in [-0.05, 0) is 11.5 Å². The van der Waals surface area contributed by atoms with Crippen LogP contribution < -0.4 is 10.6 Å². The van der Waals surface area contributed by atoms with Gasteiger partial charge in [0.2, 0.25) is 5.91 Å². The van der Waals surface area contributed by atoms with Gasteiger partial charge in [0.15, 0.2) is 0 Å². The second-order valence-corrected chi connectivity index (χ2v) is 4.92. The van der Waals surface area contributed by atoms with E-state index in [-0.39, 0.29) is 18.5 Å². The van der Waals surface area contributed by atoms with Crippen LogP contribution in [0.2, 0.25) is 0 Å². The molecule has 0 aliphatic heterocycles. The van der Waals surface area contributed by atoms with Crippen LogP contribution in [-0.4, -0.2) is 25.2 Å². The topological polar surface area (TPSA) is 41.1 Å². The summed E-state index contributed by atoms with van der Waals surface area (Å²) in [5, 5.41) is 4.83. The van der Waals surface area contributed by atoms with E-state index in [2.05, 4.69) is 10.6 Å². The first-order valence-corrected chi connectivity index (χ1v) is 6.41. The number of benzene rings is 1. The Hall–Kier alpha value is -1.56. The van der Waals surface area contributed by atoms with Gasteiger partial charge in [0, 0.05) is 0 Å². The van der Waals surface area contributed by atoms with E-state index in [1.165, 1.54) is 0 Å². The van der Waals surface area contributed by atoms with Gasteiger partial charge >= 0.3 is 6.18 Å². The molecule has 0 saturated carbocycles. The first-order valence-electron chi connectivity index (χ1n) is 6.41. The minimum Gasteiger partial charge on any atom is -0.348 e. The standard InChI is InChI=1S/C14H19F3N2O/c1-10(2)13(11-6-4-3-5-7-11)19-12(20)8-18-9-14(15,16)17/h3-7,10,13,18H,8-9H2,1-2H3,(H,19,20). The molecule has 1 atom stereocenters. The van der Waals surface area contributed by atoms with E-state index in [1.54, 1.807) is 0 Å². The van der Waals surface area contributed by atoms with Gasteiger partial charge in [0.25, 0.3) is 0 Å². The monoisotopic (exact) mass is 288 g/mol. The van der Waals surface area contributed by atoms with E-state index in [4.69, 9.17) is 0 Å². The lowest BCUT2D eigenvalue weighted by molar-refractivity contribution is -0.128. The molecule has 0 bridgehead atoms. The summed E-state index contributed by atoms with van der Waals surface area (Å²) in [5.74, 6) is -0.305. The Morgan fingerprint density at radius 3 is 2.30 bits per heavy atom. The SMILES string of the molecule is CC(C)C(NC(=O)CNCC(F)(F)F)c1ccccc1. The summed E-state index contributed by atoms with van der Waals surface area (Å²) >= 11 is 0. The first-order chi connectivity index (χ1) is 9.29. The molecule has 0 aromatic heterocycles. The van der Waals surface area contributed by atoms with Crippen molar-refractivity contribution in [2.24, 2.45) is 5.92 Å². The molecule has 6 heteroatoms. The molecule has 1 amide bonds. The molecular formula is C14H19F3N2O. The van der Waals surface area contributed by atoms with Crippen molar-refractivity contribution in [3.8, 4) is 0 Å². The Labute approximate surface area is 116 Å². The zero-order chi connectivity index (χ0) is 15.2. The van der Waals surface area contributed by atoms with Gasteiger partial charge in [-0.25, -0.2) is 0 Å². The smallest absolute Gasteiger partial charge is 0.348 e. The highest BCUT2D eigenvalue weighted by molar-refractivity contribution is 5.78. The van der Waals surface area contributed by atoms with Crippen LogP contribution in [0.5, 0.6) is 0 Å². The number of alkyl halides is 3. The van der Waals surface area contributed by atoms with Crippen LogP contribution in [0.4, 0.5) is 13.2 Å². The maximum absolute atomic E-state index is 12.0. The quantitative estimate of drug-likeness (QED) is 0.845. The van der Waals surface area contributed by atoms with Crippen molar-refractivity contribution >= 4 is 5.91 Å². The van der Waals surface area contributed by atoms with Crippen LogP contribution in [0, 0.1) is 5.92 Å². The third-order valence-corrected chi connectivity index (χ3v) is 2.75. The van der Waals surface area contributed by atoms with Crippen LogP contribution in [0.25, 0.3) is 0 Å². The van der Waals surface area contributed by atoms with Crippen molar-refractivity contribution in [2.45, 2.75) is 26.1 Å². The summed E-state index contributed by atoms with van der Waals surface area (Å²) in [7, 11) is 0. The fourth-order valence-corrected chi connectivity index (χ4v) is 1.84. The average Bonchev–Trinajstić information content (AvgIpc) is 2.35. The van der Waals surface area contributed by atoms with Crippen LogP contribution in [0.15, 0.2) is 30.3 Å². The predicted molar refractivity (Wildman–Crippen MR) is 71.1 cm³/mol. The number of rotatable bonds is 6. The molecule has 0 saturated heterocycles. The predicted octanol–water partition coefficient (Wildman–Crippen LogP) is 2.65. The molecule has 0 spiro atoms. The Bertz CT molecular complexity index is 418. The fraction of sp³-hybridized carbons (Fsp3) is 0.500. The van der Waals surface area contributed by atoms with Crippen molar-refractivity contribution in [2.75, 3.05) is 13.1 Å². The Balaban J connectivity index is 2.53. The van der Waals surface area contributed by atoms with Crippen molar-refractivity contribution in [1.29, 1.82) is 0 Å². The highest BCUT2D eigenvalue weighted by Crippen LogP contribution is 2.21. The molecule has 2 N–H and O–H groups in total. The Morgan fingerprint density at radius 1 is 1.20 bits per heavy atom. The second kappa shape index (κ2) is 7.28. The molecule has 20 heavy (non-hydrogen) atoms. The first kappa shape index (κ1) is 16.5. The summed E-state index contributed by atoms with van der Waals surface area (Å²) in [6.45, 7) is 2.37. The van der Waals surface area contributed by atoms with Crippen LogP contribution in [-0.2, 0) is 4.79 Å². The lowest BCUT2D eigenvalue weighted by Crippen LogP contribution is -2.40. The molecule has 0 aliphatic rings. The summed E-state index contributed by atoms with van der Waals surface area (Å²) in [5.41, 5.74) is 0.937. The number of amides is 1. The molecule has 0 aliphatic carbocycles. The van der Waals surface area contributed by atoms with Crippen molar-refractivity contribution in [3.63, 3.8) is 0 Å². The molecule has 1 rings (SSSR count). The van der Waals surface area contributed by atoms with E-state index in [9.17, 15) is 18.0 Å². The molecule has 0 fully saturated rings.